The van der Waals surface area contributed by atoms with Crippen molar-refractivity contribution in [2.24, 2.45) is 0 Å². The molecule has 0 heterocycles. The smallest absolute Gasteiger partial charge is 0.121 e. The summed E-state index contributed by atoms with van der Waals surface area (Å²) in [4.78, 5) is 0. The Hall–Kier alpha value is -0.400. The standard InChI is InChI=1S/C9H10Cl2O/c1-2-12-9-4-7(6-10)3-8(11)5-9/h3-5H,2,6H2,1H3. The molecule has 0 radical (unpaired) electrons. The first-order valence-corrected chi connectivity index (χ1v) is 4.65. The van der Waals surface area contributed by atoms with Gasteiger partial charge < -0.3 is 4.74 Å². The Kier molecular flexibility index (Phi) is 3.70. The van der Waals surface area contributed by atoms with E-state index < -0.39 is 0 Å². The highest BCUT2D eigenvalue weighted by Gasteiger charge is 1.98. The maximum Gasteiger partial charge on any atom is 0.121 e. The van der Waals surface area contributed by atoms with Crippen molar-refractivity contribution in [3.8, 4) is 5.75 Å². The van der Waals surface area contributed by atoms with Gasteiger partial charge in [0.25, 0.3) is 0 Å². The van der Waals surface area contributed by atoms with Gasteiger partial charge in [-0.05, 0) is 30.7 Å². The van der Waals surface area contributed by atoms with Crippen LogP contribution < -0.4 is 4.74 Å². The molecule has 0 unspecified atom stereocenters. The Morgan fingerprint density at radius 1 is 1.33 bits per heavy atom. The number of alkyl halides is 1. The first kappa shape index (κ1) is 9.69. The van der Waals surface area contributed by atoms with Crippen LogP contribution in [0.2, 0.25) is 5.02 Å². The Balaban J connectivity index is 2.90. The molecule has 0 aliphatic heterocycles. The van der Waals surface area contributed by atoms with Crippen LogP contribution in [0.25, 0.3) is 0 Å². The van der Waals surface area contributed by atoms with E-state index in [2.05, 4.69) is 0 Å². The Morgan fingerprint density at radius 2 is 2.08 bits per heavy atom. The molecule has 1 aromatic rings. The fourth-order valence-electron chi connectivity index (χ4n) is 0.948. The summed E-state index contributed by atoms with van der Waals surface area (Å²) in [5, 5.41) is 0.664. The fourth-order valence-corrected chi connectivity index (χ4v) is 1.35. The zero-order valence-electron chi connectivity index (χ0n) is 6.81. The molecule has 0 aliphatic rings. The number of ether oxygens (including phenoxy) is 1. The van der Waals surface area contributed by atoms with Crippen molar-refractivity contribution < 1.29 is 4.74 Å². The van der Waals surface area contributed by atoms with Gasteiger partial charge in [-0.25, -0.2) is 0 Å². The lowest BCUT2D eigenvalue weighted by Crippen LogP contribution is -1.92. The largest absolute Gasteiger partial charge is 0.494 e. The van der Waals surface area contributed by atoms with Crippen LogP contribution in [0.4, 0.5) is 0 Å². The summed E-state index contributed by atoms with van der Waals surface area (Å²) in [6, 6.07) is 5.50. The third kappa shape index (κ3) is 2.58. The molecule has 1 nitrogen and oxygen atoms in total. The van der Waals surface area contributed by atoms with Gasteiger partial charge in [-0.15, -0.1) is 11.6 Å². The average molecular weight is 205 g/mol. The molecule has 0 spiro atoms. The van der Waals surface area contributed by atoms with Crippen LogP contribution in [-0.4, -0.2) is 6.61 Å². The normalized spacial score (nSPS) is 9.92. The third-order valence-electron chi connectivity index (χ3n) is 1.40. The molecular weight excluding hydrogens is 195 g/mol. The molecule has 0 saturated heterocycles. The molecule has 1 rings (SSSR count). The predicted molar refractivity (Wildman–Crippen MR) is 52.2 cm³/mol. The van der Waals surface area contributed by atoms with Gasteiger partial charge in [-0.1, -0.05) is 11.6 Å². The van der Waals surface area contributed by atoms with Crippen molar-refractivity contribution in [1.29, 1.82) is 0 Å². The summed E-state index contributed by atoms with van der Waals surface area (Å²) in [5.74, 6) is 1.24. The second-order valence-electron chi connectivity index (χ2n) is 2.36. The molecule has 0 fully saturated rings. The van der Waals surface area contributed by atoms with Gasteiger partial charge in [0, 0.05) is 10.9 Å². The molecule has 12 heavy (non-hydrogen) atoms. The third-order valence-corrected chi connectivity index (χ3v) is 1.92. The second-order valence-corrected chi connectivity index (χ2v) is 3.07. The number of rotatable bonds is 3. The van der Waals surface area contributed by atoms with E-state index in [1.807, 2.05) is 19.1 Å². The molecule has 1 aromatic carbocycles. The van der Waals surface area contributed by atoms with Crippen LogP contribution in [0.3, 0.4) is 0 Å². The maximum absolute atomic E-state index is 5.83. The summed E-state index contributed by atoms with van der Waals surface area (Å²) in [5.41, 5.74) is 0.979. The minimum atomic E-state index is 0.459. The van der Waals surface area contributed by atoms with Crippen LogP contribution in [0.5, 0.6) is 5.75 Å². The predicted octanol–water partition coefficient (Wildman–Crippen LogP) is 3.48. The molecule has 0 N–H and O–H groups in total. The number of hydrogen-bond acceptors (Lipinski definition) is 1. The summed E-state index contributed by atoms with van der Waals surface area (Å²) in [7, 11) is 0. The van der Waals surface area contributed by atoms with Gasteiger partial charge in [-0.3, -0.25) is 0 Å². The quantitative estimate of drug-likeness (QED) is 0.686. The molecule has 66 valence electrons. The Bertz CT molecular complexity index is 261. The average Bonchev–Trinajstić information content (AvgIpc) is 2.04. The molecule has 0 aliphatic carbocycles. The van der Waals surface area contributed by atoms with E-state index in [0.29, 0.717) is 17.5 Å². The van der Waals surface area contributed by atoms with E-state index in [1.165, 1.54) is 0 Å². The zero-order chi connectivity index (χ0) is 8.97. The topological polar surface area (TPSA) is 9.23 Å². The van der Waals surface area contributed by atoms with Crippen molar-refractivity contribution in [3.63, 3.8) is 0 Å². The fraction of sp³-hybridized carbons (Fsp3) is 0.333. The molecular formula is C9H10Cl2O. The van der Waals surface area contributed by atoms with E-state index in [1.54, 1.807) is 6.07 Å². The van der Waals surface area contributed by atoms with Gasteiger partial charge in [0.2, 0.25) is 0 Å². The van der Waals surface area contributed by atoms with Crippen molar-refractivity contribution in [1.82, 2.24) is 0 Å². The van der Waals surface area contributed by atoms with Crippen LogP contribution >= 0.6 is 23.2 Å². The van der Waals surface area contributed by atoms with Crippen LogP contribution in [0, 0.1) is 0 Å². The molecule has 0 aromatic heterocycles. The van der Waals surface area contributed by atoms with Crippen molar-refractivity contribution in [2.45, 2.75) is 12.8 Å². The van der Waals surface area contributed by atoms with Gasteiger partial charge in [0.15, 0.2) is 0 Å². The minimum Gasteiger partial charge on any atom is -0.494 e. The van der Waals surface area contributed by atoms with E-state index >= 15 is 0 Å². The Labute approximate surface area is 82.2 Å². The van der Waals surface area contributed by atoms with E-state index in [0.717, 1.165) is 11.3 Å². The highest BCUT2D eigenvalue weighted by molar-refractivity contribution is 6.30. The second kappa shape index (κ2) is 4.58. The van der Waals surface area contributed by atoms with Crippen LogP contribution in [0.15, 0.2) is 18.2 Å². The maximum atomic E-state index is 5.83. The number of benzene rings is 1. The highest BCUT2D eigenvalue weighted by Crippen LogP contribution is 2.21. The minimum absolute atomic E-state index is 0.459. The monoisotopic (exact) mass is 204 g/mol. The van der Waals surface area contributed by atoms with Crippen molar-refractivity contribution in [3.05, 3.63) is 28.8 Å². The van der Waals surface area contributed by atoms with Gasteiger partial charge in [-0.2, -0.15) is 0 Å². The summed E-state index contributed by atoms with van der Waals surface area (Å²) < 4.78 is 5.29. The first-order chi connectivity index (χ1) is 5.76. The van der Waals surface area contributed by atoms with Crippen LogP contribution in [-0.2, 0) is 5.88 Å². The summed E-state index contributed by atoms with van der Waals surface area (Å²) in [6.07, 6.45) is 0. The first-order valence-electron chi connectivity index (χ1n) is 3.74. The van der Waals surface area contributed by atoms with E-state index in [-0.39, 0.29) is 0 Å². The van der Waals surface area contributed by atoms with Crippen LogP contribution in [0.1, 0.15) is 12.5 Å². The summed E-state index contributed by atoms with van der Waals surface area (Å²) in [6.45, 7) is 2.57. The van der Waals surface area contributed by atoms with Crippen molar-refractivity contribution in [2.75, 3.05) is 6.61 Å². The van der Waals surface area contributed by atoms with E-state index in [4.69, 9.17) is 27.9 Å². The Morgan fingerprint density at radius 3 is 2.67 bits per heavy atom. The zero-order valence-corrected chi connectivity index (χ0v) is 8.32. The lowest BCUT2D eigenvalue weighted by Gasteiger charge is -2.04. The summed E-state index contributed by atoms with van der Waals surface area (Å²) >= 11 is 11.5. The molecule has 0 amide bonds. The molecule has 3 heteroatoms. The molecule has 0 bridgehead atoms. The molecule has 0 saturated carbocycles. The molecule has 0 atom stereocenters. The van der Waals surface area contributed by atoms with Gasteiger partial charge in [0.1, 0.15) is 5.75 Å². The van der Waals surface area contributed by atoms with E-state index in [9.17, 15) is 0 Å². The number of hydrogen-bond donors (Lipinski definition) is 0. The SMILES string of the molecule is CCOc1cc(Cl)cc(CCl)c1. The van der Waals surface area contributed by atoms with Crippen molar-refractivity contribution >= 4 is 23.2 Å². The van der Waals surface area contributed by atoms with Gasteiger partial charge >= 0.3 is 0 Å². The lowest BCUT2D eigenvalue weighted by atomic mass is 10.2. The van der Waals surface area contributed by atoms with Gasteiger partial charge in [0.05, 0.1) is 6.61 Å². The highest BCUT2D eigenvalue weighted by atomic mass is 35.5. The lowest BCUT2D eigenvalue weighted by molar-refractivity contribution is 0.340. The number of halogens is 2.